The van der Waals surface area contributed by atoms with Crippen molar-refractivity contribution in [3.8, 4) is 22.8 Å². The Kier molecular flexibility index (Phi) is 4.10. The van der Waals surface area contributed by atoms with Crippen LogP contribution in [0.3, 0.4) is 0 Å². The van der Waals surface area contributed by atoms with Gasteiger partial charge in [0.25, 0.3) is 0 Å². The van der Waals surface area contributed by atoms with Crippen molar-refractivity contribution in [3.63, 3.8) is 0 Å². The van der Waals surface area contributed by atoms with Gasteiger partial charge in [-0.15, -0.1) is 0 Å². The molecule has 0 aliphatic heterocycles. The summed E-state index contributed by atoms with van der Waals surface area (Å²) in [5, 5.41) is 0. The molecule has 0 atom stereocenters. The zero-order valence-corrected chi connectivity index (χ0v) is 12.2. The summed E-state index contributed by atoms with van der Waals surface area (Å²) in [4.78, 5) is 12.4. The van der Waals surface area contributed by atoms with Crippen LogP contribution in [0, 0.1) is 0 Å². The van der Waals surface area contributed by atoms with Gasteiger partial charge in [-0.05, 0) is 48.7 Å². The van der Waals surface area contributed by atoms with Crippen molar-refractivity contribution in [2.24, 2.45) is 0 Å². The van der Waals surface area contributed by atoms with E-state index in [1.54, 1.807) is 0 Å². The van der Waals surface area contributed by atoms with Gasteiger partial charge in [0, 0.05) is 12.4 Å². The quantitative estimate of drug-likeness (QED) is 0.747. The van der Waals surface area contributed by atoms with E-state index in [9.17, 15) is 0 Å². The molecule has 3 nitrogen and oxygen atoms in total. The number of rotatable bonds is 5. The second-order valence-electron chi connectivity index (χ2n) is 5.12. The standard InChI is InChI=1S/C18H19N3/c1-2-3-8-14-13-17(15-9-4-6-11-19-15)21-18(14)16-10-5-7-12-20-16/h4-7,9-13,21H,2-3,8H2,1H3. The van der Waals surface area contributed by atoms with Crippen LogP contribution in [0.4, 0.5) is 0 Å². The molecule has 21 heavy (non-hydrogen) atoms. The Hall–Kier alpha value is -2.42. The Morgan fingerprint density at radius 2 is 1.67 bits per heavy atom. The first-order valence-corrected chi connectivity index (χ1v) is 7.43. The van der Waals surface area contributed by atoms with E-state index in [0.29, 0.717) is 0 Å². The average Bonchev–Trinajstić information content (AvgIpc) is 2.99. The van der Waals surface area contributed by atoms with Crippen LogP contribution in [0.1, 0.15) is 25.3 Å². The number of hydrogen-bond acceptors (Lipinski definition) is 2. The molecule has 3 heteroatoms. The van der Waals surface area contributed by atoms with Crippen molar-refractivity contribution < 1.29 is 0 Å². The Morgan fingerprint density at radius 1 is 0.952 bits per heavy atom. The summed E-state index contributed by atoms with van der Waals surface area (Å²) in [6.07, 6.45) is 7.08. The number of nitrogens with one attached hydrogen (secondary N) is 1. The number of pyridine rings is 2. The fourth-order valence-corrected chi connectivity index (χ4v) is 2.46. The van der Waals surface area contributed by atoms with Crippen LogP contribution in [0.2, 0.25) is 0 Å². The Bertz CT molecular complexity index is 687. The van der Waals surface area contributed by atoms with Gasteiger partial charge in [0.05, 0.1) is 22.8 Å². The summed E-state index contributed by atoms with van der Waals surface area (Å²) in [5.41, 5.74) is 5.45. The minimum atomic E-state index is 0.970. The van der Waals surface area contributed by atoms with E-state index in [1.165, 1.54) is 18.4 Å². The molecule has 0 aliphatic carbocycles. The highest BCUT2D eigenvalue weighted by molar-refractivity contribution is 5.68. The zero-order chi connectivity index (χ0) is 14.5. The average molecular weight is 277 g/mol. The fourth-order valence-electron chi connectivity index (χ4n) is 2.46. The molecule has 3 aromatic rings. The lowest BCUT2D eigenvalue weighted by molar-refractivity contribution is 0.796. The SMILES string of the molecule is CCCCc1cc(-c2ccccn2)[nH]c1-c1ccccn1. The molecule has 3 rings (SSSR count). The molecule has 0 unspecified atom stereocenters. The van der Waals surface area contributed by atoms with Crippen LogP contribution in [0.25, 0.3) is 22.8 Å². The maximum Gasteiger partial charge on any atom is 0.0867 e. The lowest BCUT2D eigenvalue weighted by Crippen LogP contribution is -1.89. The lowest BCUT2D eigenvalue weighted by atomic mass is 10.1. The van der Waals surface area contributed by atoms with Crippen molar-refractivity contribution >= 4 is 0 Å². The number of nitrogens with zero attached hydrogens (tertiary/aromatic N) is 2. The largest absolute Gasteiger partial charge is 0.352 e. The highest BCUT2D eigenvalue weighted by Crippen LogP contribution is 2.28. The normalized spacial score (nSPS) is 10.7. The van der Waals surface area contributed by atoms with Crippen molar-refractivity contribution in [3.05, 3.63) is 60.4 Å². The first-order chi connectivity index (χ1) is 10.4. The molecule has 0 spiro atoms. The van der Waals surface area contributed by atoms with Crippen molar-refractivity contribution in [2.45, 2.75) is 26.2 Å². The van der Waals surface area contributed by atoms with Gasteiger partial charge >= 0.3 is 0 Å². The molecule has 0 radical (unpaired) electrons. The first kappa shape index (κ1) is 13.6. The van der Waals surface area contributed by atoms with E-state index in [1.807, 2.05) is 48.8 Å². The first-order valence-electron chi connectivity index (χ1n) is 7.43. The third-order valence-corrected chi connectivity index (χ3v) is 3.56. The fraction of sp³-hybridized carbons (Fsp3) is 0.222. The van der Waals surface area contributed by atoms with Gasteiger partial charge in [0.15, 0.2) is 0 Å². The summed E-state index contributed by atoms with van der Waals surface area (Å²) in [7, 11) is 0. The van der Waals surface area contributed by atoms with E-state index in [-0.39, 0.29) is 0 Å². The van der Waals surface area contributed by atoms with Gasteiger partial charge in [-0.2, -0.15) is 0 Å². The molecule has 0 aromatic carbocycles. The van der Waals surface area contributed by atoms with Crippen LogP contribution in [-0.4, -0.2) is 15.0 Å². The molecule has 3 heterocycles. The van der Waals surface area contributed by atoms with Gasteiger partial charge in [0.2, 0.25) is 0 Å². The molecule has 3 aromatic heterocycles. The molecule has 1 N–H and O–H groups in total. The third-order valence-electron chi connectivity index (χ3n) is 3.56. The summed E-state index contributed by atoms with van der Waals surface area (Å²) >= 11 is 0. The minimum Gasteiger partial charge on any atom is -0.352 e. The van der Waals surface area contributed by atoms with Gasteiger partial charge < -0.3 is 4.98 Å². The number of unbranched alkanes of at least 4 members (excludes halogenated alkanes) is 1. The van der Waals surface area contributed by atoms with Crippen molar-refractivity contribution in [1.29, 1.82) is 0 Å². The molecule has 0 fully saturated rings. The summed E-state index contributed by atoms with van der Waals surface area (Å²) in [6.45, 7) is 2.22. The van der Waals surface area contributed by atoms with Gasteiger partial charge in [-0.1, -0.05) is 25.5 Å². The molecular weight excluding hydrogens is 258 g/mol. The Labute approximate surface area is 125 Å². The number of H-pyrrole nitrogens is 1. The van der Waals surface area contributed by atoms with Crippen LogP contribution in [0.5, 0.6) is 0 Å². The molecule has 106 valence electrons. The van der Waals surface area contributed by atoms with E-state index < -0.39 is 0 Å². The van der Waals surface area contributed by atoms with Crippen LogP contribution < -0.4 is 0 Å². The van der Waals surface area contributed by atoms with Crippen LogP contribution in [0.15, 0.2) is 54.9 Å². The molecule has 0 aliphatic rings. The van der Waals surface area contributed by atoms with E-state index in [2.05, 4.69) is 27.9 Å². The number of aromatic nitrogens is 3. The second kappa shape index (κ2) is 6.35. The predicted molar refractivity (Wildman–Crippen MR) is 85.9 cm³/mol. The molecule has 0 bridgehead atoms. The van der Waals surface area contributed by atoms with Gasteiger partial charge in [-0.3, -0.25) is 9.97 Å². The smallest absolute Gasteiger partial charge is 0.0867 e. The van der Waals surface area contributed by atoms with E-state index >= 15 is 0 Å². The van der Waals surface area contributed by atoms with E-state index in [0.717, 1.165) is 29.2 Å². The van der Waals surface area contributed by atoms with Crippen LogP contribution in [-0.2, 0) is 6.42 Å². The van der Waals surface area contributed by atoms with Gasteiger partial charge in [-0.25, -0.2) is 0 Å². The van der Waals surface area contributed by atoms with E-state index in [4.69, 9.17) is 0 Å². The Balaban J connectivity index is 2.03. The molecular formula is C18H19N3. The van der Waals surface area contributed by atoms with Crippen molar-refractivity contribution in [1.82, 2.24) is 15.0 Å². The number of aromatic amines is 1. The van der Waals surface area contributed by atoms with Gasteiger partial charge in [0.1, 0.15) is 0 Å². The minimum absolute atomic E-state index is 0.970. The monoisotopic (exact) mass is 277 g/mol. The maximum atomic E-state index is 4.47. The summed E-state index contributed by atoms with van der Waals surface area (Å²) < 4.78 is 0. The molecule has 0 saturated carbocycles. The summed E-state index contributed by atoms with van der Waals surface area (Å²) in [5.74, 6) is 0. The molecule has 0 amide bonds. The Morgan fingerprint density at radius 3 is 2.29 bits per heavy atom. The number of aryl methyl sites for hydroxylation is 1. The number of hydrogen-bond donors (Lipinski definition) is 1. The predicted octanol–water partition coefficient (Wildman–Crippen LogP) is 4.48. The topological polar surface area (TPSA) is 41.6 Å². The third kappa shape index (κ3) is 3.02. The maximum absolute atomic E-state index is 4.47. The van der Waals surface area contributed by atoms with Crippen LogP contribution >= 0.6 is 0 Å². The molecule has 0 saturated heterocycles. The second-order valence-corrected chi connectivity index (χ2v) is 5.12. The lowest BCUT2D eigenvalue weighted by Gasteiger charge is -2.02. The summed E-state index contributed by atoms with van der Waals surface area (Å²) in [6, 6.07) is 14.2. The highest BCUT2D eigenvalue weighted by atomic mass is 14.8. The zero-order valence-electron chi connectivity index (χ0n) is 12.2. The van der Waals surface area contributed by atoms with Crippen molar-refractivity contribution in [2.75, 3.05) is 0 Å². The highest BCUT2D eigenvalue weighted by Gasteiger charge is 2.12.